The van der Waals surface area contributed by atoms with Crippen LogP contribution in [0.3, 0.4) is 0 Å². The first-order valence-electron chi connectivity index (χ1n) is 8.67. The molecule has 0 unspecified atom stereocenters. The highest BCUT2D eigenvalue weighted by Crippen LogP contribution is 2.20. The van der Waals surface area contributed by atoms with Crippen molar-refractivity contribution in [3.05, 3.63) is 47.0 Å². The molecule has 3 aromatic rings. The van der Waals surface area contributed by atoms with Crippen LogP contribution in [0.5, 0.6) is 0 Å². The van der Waals surface area contributed by atoms with Gasteiger partial charge in [-0.15, -0.1) is 0 Å². The molecule has 0 aliphatic rings. The van der Waals surface area contributed by atoms with Crippen molar-refractivity contribution >= 4 is 22.9 Å². The number of hydrogen-bond donors (Lipinski definition) is 2. The number of imidazole rings is 1. The third kappa shape index (κ3) is 3.51. The van der Waals surface area contributed by atoms with E-state index in [2.05, 4.69) is 31.3 Å². The number of aromatic amines is 1. The monoisotopic (exact) mass is 352 g/mol. The average molecular weight is 352 g/mol. The van der Waals surface area contributed by atoms with Crippen molar-refractivity contribution in [3.63, 3.8) is 0 Å². The first kappa shape index (κ1) is 17.8. The van der Waals surface area contributed by atoms with Gasteiger partial charge in [0.05, 0.1) is 28.3 Å². The summed E-state index contributed by atoms with van der Waals surface area (Å²) < 4.78 is 0. The van der Waals surface area contributed by atoms with E-state index in [9.17, 15) is 4.79 Å². The summed E-state index contributed by atoms with van der Waals surface area (Å²) in [6.45, 7) is 5.87. The van der Waals surface area contributed by atoms with Gasteiger partial charge in [0.2, 0.25) is 5.95 Å². The van der Waals surface area contributed by atoms with E-state index in [0.29, 0.717) is 17.2 Å². The van der Waals surface area contributed by atoms with Gasteiger partial charge in [0, 0.05) is 20.3 Å². The minimum atomic E-state index is -0.205. The Kier molecular flexibility index (Phi) is 4.88. The third-order valence-electron chi connectivity index (χ3n) is 4.31. The van der Waals surface area contributed by atoms with E-state index in [4.69, 9.17) is 0 Å². The summed E-state index contributed by atoms with van der Waals surface area (Å²) in [4.78, 5) is 31.1. The molecule has 7 heteroatoms. The van der Waals surface area contributed by atoms with Crippen molar-refractivity contribution < 1.29 is 4.79 Å². The Morgan fingerprint density at radius 3 is 2.69 bits per heavy atom. The molecule has 2 aromatic heterocycles. The topological polar surface area (TPSA) is 86.8 Å². The fraction of sp³-hybridized carbons (Fsp3) is 0.368. The van der Waals surface area contributed by atoms with Gasteiger partial charge in [-0.3, -0.25) is 4.79 Å². The molecule has 0 saturated carbocycles. The lowest BCUT2D eigenvalue weighted by atomic mass is 10.1. The zero-order valence-corrected chi connectivity index (χ0v) is 15.8. The Hall–Kier alpha value is -2.96. The SMILES string of the molecule is CC[C@H](NC(=O)c1cnc(N(C)C)nc1C)c1nc2ccc(C)cc2[nH]1. The van der Waals surface area contributed by atoms with E-state index >= 15 is 0 Å². The number of aromatic nitrogens is 4. The number of carbonyl (C=O) groups excluding carboxylic acids is 1. The molecular formula is C19H24N6O. The normalized spacial score (nSPS) is 12.2. The Bertz CT molecular complexity index is 946. The number of hydrogen-bond acceptors (Lipinski definition) is 5. The lowest BCUT2D eigenvalue weighted by molar-refractivity contribution is 0.0932. The highest BCUT2D eigenvalue weighted by molar-refractivity contribution is 5.95. The number of nitrogens with one attached hydrogen (secondary N) is 2. The van der Waals surface area contributed by atoms with Crippen molar-refractivity contribution in [2.75, 3.05) is 19.0 Å². The van der Waals surface area contributed by atoms with Gasteiger partial charge in [0.25, 0.3) is 5.91 Å². The molecule has 0 aliphatic heterocycles. The van der Waals surface area contributed by atoms with E-state index < -0.39 is 0 Å². The molecule has 136 valence electrons. The van der Waals surface area contributed by atoms with Gasteiger partial charge >= 0.3 is 0 Å². The zero-order valence-electron chi connectivity index (χ0n) is 15.8. The summed E-state index contributed by atoms with van der Waals surface area (Å²) in [5.74, 6) is 1.14. The molecule has 0 aliphatic carbocycles. The summed E-state index contributed by atoms with van der Waals surface area (Å²) in [5, 5.41) is 3.04. The number of rotatable bonds is 5. The molecule has 2 heterocycles. The van der Waals surface area contributed by atoms with Crippen LogP contribution in [0.25, 0.3) is 11.0 Å². The molecule has 0 fully saturated rings. The fourth-order valence-corrected chi connectivity index (χ4v) is 2.80. The van der Waals surface area contributed by atoms with Crippen molar-refractivity contribution in [3.8, 4) is 0 Å². The summed E-state index contributed by atoms with van der Waals surface area (Å²) in [6, 6.07) is 5.86. The smallest absolute Gasteiger partial charge is 0.255 e. The maximum Gasteiger partial charge on any atom is 0.255 e. The molecule has 1 atom stereocenters. The summed E-state index contributed by atoms with van der Waals surface area (Å²) >= 11 is 0. The van der Waals surface area contributed by atoms with E-state index in [1.54, 1.807) is 11.1 Å². The standard InChI is InChI=1S/C19H24N6O/c1-6-14(17-22-15-8-7-11(2)9-16(15)23-17)24-18(26)13-10-20-19(25(4)5)21-12(13)3/h7-10,14H,6H2,1-5H3,(H,22,23)(H,24,26)/t14-/m0/s1. The molecule has 0 radical (unpaired) electrons. The van der Waals surface area contributed by atoms with E-state index in [1.807, 2.05) is 47.0 Å². The van der Waals surface area contributed by atoms with Crippen molar-refractivity contribution in [1.29, 1.82) is 0 Å². The second kappa shape index (κ2) is 7.11. The van der Waals surface area contributed by atoms with Gasteiger partial charge in [-0.1, -0.05) is 13.0 Å². The van der Waals surface area contributed by atoms with Crippen LogP contribution in [0.1, 0.15) is 46.8 Å². The van der Waals surface area contributed by atoms with Crippen LogP contribution in [0.15, 0.2) is 24.4 Å². The highest BCUT2D eigenvalue weighted by atomic mass is 16.1. The minimum absolute atomic E-state index is 0.198. The number of benzene rings is 1. The molecule has 0 bridgehead atoms. The van der Waals surface area contributed by atoms with Crippen molar-refractivity contribution in [1.82, 2.24) is 25.3 Å². The maximum atomic E-state index is 12.7. The van der Waals surface area contributed by atoms with Crippen LogP contribution in [-0.2, 0) is 0 Å². The first-order valence-corrected chi connectivity index (χ1v) is 8.67. The van der Waals surface area contributed by atoms with Crippen LogP contribution >= 0.6 is 0 Å². The Morgan fingerprint density at radius 2 is 2.04 bits per heavy atom. The number of fused-ring (bicyclic) bond motifs is 1. The zero-order chi connectivity index (χ0) is 18.8. The number of H-pyrrole nitrogens is 1. The summed E-state index contributed by atoms with van der Waals surface area (Å²) in [6.07, 6.45) is 2.29. The van der Waals surface area contributed by atoms with Gasteiger partial charge in [-0.25, -0.2) is 15.0 Å². The second-order valence-corrected chi connectivity index (χ2v) is 6.64. The van der Waals surface area contributed by atoms with Crippen LogP contribution in [0.2, 0.25) is 0 Å². The van der Waals surface area contributed by atoms with E-state index in [1.165, 1.54) is 5.56 Å². The molecule has 0 spiro atoms. The quantitative estimate of drug-likeness (QED) is 0.737. The number of amides is 1. The predicted molar refractivity (Wildman–Crippen MR) is 102 cm³/mol. The molecule has 3 rings (SSSR count). The molecular weight excluding hydrogens is 328 g/mol. The van der Waals surface area contributed by atoms with Crippen LogP contribution in [0, 0.1) is 13.8 Å². The summed E-state index contributed by atoms with van der Waals surface area (Å²) in [5.41, 5.74) is 4.16. The molecule has 1 aromatic carbocycles. The molecule has 7 nitrogen and oxygen atoms in total. The lowest BCUT2D eigenvalue weighted by Gasteiger charge is -2.16. The number of nitrogens with zero attached hydrogens (tertiary/aromatic N) is 4. The number of anilines is 1. The largest absolute Gasteiger partial charge is 0.347 e. The molecule has 1 amide bonds. The van der Waals surface area contributed by atoms with Gasteiger partial charge in [-0.05, 0) is 38.0 Å². The minimum Gasteiger partial charge on any atom is -0.347 e. The Morgan fingerprint density at radius 1 is 1.27 bits per heavy atom. The van der Waals surface area contributed by atoms with Crippen LogP contribution < -0.4 is 10.2 Å². The Labute approximate surface area is 152 Å². The highest BCUT2D eigenvalue weighted by Gasteiger charge is 2.20. The predicted octanol–water partition coefficient (Wildman–Crippen LogP) is 2.92. The van der Waals surface area contributed by atoms with Gasteiger partial charge in [0.1, 0.15) is 5.82 Å². The van der Waals surface area contributed by atoms with Gasteiger partial charge in [-0.2, -0.15) is 0 Å². The van der Waals surface area contributed by atoms with Gasteiger partial charge in [0.15, 0.2) is 0 Å². The lowest BCUT2D eigenvalue weighted by Crippen LogP contribution is -2.30. The number of carbonyl (C=O) groups is 1. The molecule has 0 saturated heterocycles. The van der Waals surface area contributed by atoms with Crippen molar-refractivity contribution in [2.45, 2.75) is 33.2 Å². The van der Waals surface area contributed by atoms with Gasteiger partial charge < -0.3 is 15.2 Å². The Balaban J connectivity index is 1.84. The van der Waals surface area contributed by atoms with E-state index in [0.717, 1.165) is 23.3 Å². The summed E-state index contributed by atoms with van der Waals surface area (Å²) in [7, 11) is 3.73. The van der Waals surface area contributed by atoms with Crippen LogP contribution in [0.4, 0.5) is 5.95 Å². The first-order chi connectivity index (χ1) is 12.4. The molecule has 2 N–H and O–H groups in total. The third-order valence-corrected chi connectivity index (χ3v) is 4.31. The van der Waals surface area contributed by atoms with Crippen molar-refractivity contribution in [2.24, 2.45) is 0 Å². The van der Waals surface area contributed by atoms with Crippen LogP contribution in [-0.4, -0.2) is 39.9 Å². The second-order valence-electron chi connectivity index (χ2n) is 6.64. The number of aryl methyl sites for hydroxylation is 2. The average Bonchev–Trinajstić information content (AvgIpc) is 3.01. The fourth-order valence-electron chi connectivity index (χ4n) is 2.80. The van der Waals surface area contributed by atoms with E-state index in [-0.39, 0.29) is 11.9 Å². The maximum absolute atomic E-state index is 12.7. The molecule has 26 heavy (non-hydrogen) atoms.